The number of aryl methyl sites for hydroxylation is 1. The Labute approximate surface area is 183 Å². The van der Waals surface area contributed by atoms with Gasteiger partial charge < -0.3 is 14.7 Å². The summed E-state index contributed by atoms with van der Waals surface area (Å²) >= 11 is 0. The van der Waals surface area contributed by atoms with Crippen LogP contribution in [0.2, 0.25) is 0 Å². The highest BCUT2D eigenvalue weighted by atomic mass is 16.5. The lowest BCUT2D eigenvalue weighted by Gasteiger charge is -2.44. The minimum atomic E-state index is -0.519. The van der Waals surface area contributed by atoms with Gasteiger partial charge in [-0.15, -0.1) is 0 Å². The van der Waals surface area contributed by atoms with Crippen molar-refractivity contribution in [2.24, 2.45) is 0 Å². The van der Waals surface area contributed by atoms with Gasteiger partial charge in [0, 0.05) is 25.9 Å². The van der Waals surface area contributed by atoms with E-state index in [1.54, 1.807) is 12.1 Å². The number of hydrogen-bond donors (Lipinski definition) is 1. The second-order valence-corrected chi connectivity index (χ2v) is 8.53. The number of aliphatic hydroxyl groups is 1. The Hall–Kier alpha value is -2.76. The smallest absolute Gasteiger partial charge is 0.181 e. The van der Waals surface area contributed by atoms with Crippen LogP contribution in [0.25, 0.3) is 6.08 Å². The standard InChI is InChI=1S/C26H29NO4/c28-19-22(29)10-8-21-9-11-25-23(17-21)24(30)18-26(31-25)12-15-27(16-13-26)14-4-7-20-5-2-1-3-6-20/h1-3,5-6,8-11,17,28H,4,7,12-16,18-19H2/b10-8+. The van der Waals surface area contributed by atoms with Gasteiger partial charge in [0.25, 0.3) is 0 Å². The molecule has 5 heteroatoms. The average molecular weight is 420 g/mol. The Morgan fingerprint density at radius 1 is 1.13 bits per heavy atom. The zero-order chi connectivity index (χ0) is 21.7. The molecule has 1 saturated heterocycles. The van der Waals surface area contributed by atoms with Crippen molar-refractivity contribution in [2.45, 2.75) is 37.7 Å². The van der Waals surface area contributed by atoms with Crippen molar-refractivity contribution in [3.63, 3.8) is 0 Å². The van der Waals surface area contributed by atoms with Crippen molar-refractivity contribution in [3.8, 4) is 5.75 Å². The van der Waals surface area contributed by atoms with Gasteiger partial charge in [0.1, 0.15) is 18.0 Å². The molecular weight excluding hydrogens is 390 g/mol. The molecule has 0 amide bonds. The Kier molecular flexibility index (Phi) is 6.64. The fourth-order valence-corrected chi connectivity index (χ4v) is 4.47. The maximum absolute atomic E-state index is 12.9. The number of piperidine rings is 1. The molecular formula is C26H29NO4. The molecule has 0 aromatic heterocycles. The molecule has 0 atom stereocenters. The minimum absolute atomic E-state index is 0.0995. The van der Waals surface area contributed by atoms with Crippen LogP contribution in [0.15, 0.2) is 54.6 Å². The van der Waals surface area contributed by atoms with Gasteiger partial charge >= 0.3 is 0 Å². The molecule has 1 fully saturated rings. The molecule has 4 rings (SSSR count). The zero-order valence-electron chi connectivity index (χ0n) is 17.8. The fourth-order valence-electron chi connectivity index (χ4n) is 4.47. The van der Waals surface area contributed by atoms with Crippen LogP contribution < -0.4 is 4.74 Å². The summed E-state index contributed by atoms with van der Waals surface area (Å²) in [5.74, 6) is 0.372. The summed E-state index contributed by atoms with van der Waals surface area (Å²) in [6, 6.07) is 16.0. The third-order valence-corrected chi connectivity index (χ3v) is 6.28. The molecule has 0 radical (unpaired) electrons. The van der Waals surface area contributed by atoms with Crippen LogP contribution in [0.1, 0.15) is 47.2 Å². The first-order valence-corrected chi connectivity index (χ1v) is 11.0. The van der Waals surface area contributed by atoms with Crippen molar-refractivity contribution in [2.75, 3.05) is 26.2 Å². The van der Waals surface area contributed by atoms with Crippen LogP contribution in [0.4, 0.5) is 0 Å². The Balaban J connectivity index is 1.33. The number of ketones is 2. The first kappa shape index (κ1) is 21.5. The predicted molar refractivity (Wildman–Crippen MR) is 120 cm³/mol. The number of aliphatic hydroxyl groups excluding tert-OH is 1. The van der Waals surface area contributed by atoms with Gasteiger partial charge in [-0.1, -0.05) is 42.5 Å². The van der Waals surface area contributed by atoms with Crippen LogP contribution in [0, 0.1) is 0 Å². The van der Waals surface area contributed by atoms with Crippen molar-refractivity contribution in [3.05, 3.63) is 71.3 Å². The van der Waals surface area contributed by atoms with Gasteiger partial charge in [-0.3, -0.25) is 9.59 Å². The molecule has 162 valence electrons. The summed E-state index contributed by atoms with van der Waals surface area (Å²) in [5.41, 5.74) is 2.31. The van der Waals surface area contributed by atoms with Gasteiger partial charge in [0.2, 0.25) is 0 Å². The highest BCUT2D eigenvalue weighted by Crippen LogP contribution is 2.39. The largest absolute Gasteiger partial charge is 0.486 e. The van der Waals surface area contributed by atoms with E-state index in [4.69, 9.17) is 9.84 Å². The number of benzene rings is 2. The molecule has 2 aromatic carbocycles. The number of fused-ring (bicyclic) bond motifs is 1. The highest BCUT2D eigenvalue weighted by molar-refractivity contribution is 6.01. The van der Waals surface area contributed by atoms with Crippen LogP contribution in [-0.4, -0.2) is 53.4 Å². The van der Waals surface area contributed by atoms with Crippen molar-refractivity contribution >= 4 is 17.6 Å². The first-order valence-electron chi connectivity index (χ1n) is 11.0. The maximum Gasteiger partial charge on any atom is 0.181 e. The number of ether oxygens (including phenoxy) is 1. The lowest BCUT2D eigenvalue weighted by molar-refractivity contribution is -0.117. The van der Waals surface area contributed by atoms with Crippen molar-refractivity contribution in [1.29, 1.82) is 0 Å². The molecule has 2 heterocycles. The molecule has 0 aliphatic carbocycles. The second-order valence-electron chi connectivity index (χ2n) is 8.53. The zero-order valence-corrected chi connectivity index (χ0v) is 17.8. The third kappa shape index (κ3) is 5.30. The predicted octanol–water partition coefficient (Wildman–Crippen LogP) is 3.69. The average Bonchev–Trinajstić information content (AvgIpc) is 2.80. The van der Waals surface area contributed by atoms with Crippen LogP contribution in [-0.2, 0) is 11.2 Å². The molecule has 0 unspecified atom stereocenters. The lowest BCUT2D eigenvalue weighted by atomic mass is 9.82. The van der Waals surface area contributed by atoms with E-state index in [0.29, 0.717) is 17.7 Å². The maximum atomic E-state index is 12.9. The second kappa shape index (κ2) is 9.58. The van der Waals surface area contributed by atoms with Crippen LogP contribution in [0.3, 0.4) is 0 Å². The molecule has 0 saturated carbocycles. The fraction of sp³-hybridized carbons (Fsp3) is 0.385. The monoisotopic (exact) mass is 419 g/mol. The van der Waals surface area contributed by atoms with E-state index in [2.05, 4.69) is 29.2 Å². The molecule has 5 nitrogen and oxygen atoms in total. The first-order chi connectivity index (χ1) is 15.1. The van der Waals surface area contributed by atoms with E-state index in [-0.39, 0.29) is 11.6 Å². The molecule has 0 bridgehead atoms. The van der Waals surface area contributed by atoms with E-state index < -0.39 is 12.2 Å². The SMILES string of the molecule is O=C(/C=C/c1ccc2c(c1)C(=O)CC1(CCN(CCCc3ccccc3)CC1)O2)CO. The number of likely N-dealkylation sites (tertiary alicyclic amines) is 1. The van der Waals surface area contributed by atoms with Gasteiger partial charge in [-0.25, -0.2) is 0 Å². The normalized spacial score (nSPS) is 18.2. The summed E-state index contributed by atoms with van der Waals surface area (Å²) in [7, 11) is 0. The number of carbonyl (C=O) groups is 2. The van der Waals surface area contributed by atoms with E-state index in [9.17, 15) is 9.59 Å². The summed E-state index contributed by atoms with van der Waals surface area (Å²) in [6.07, 6.45) is 7.28. The number of hydrogen-bond acceptors (Lipinski definition) is 5. The highest BCUT2D eigenvalue weighted by Gasteiger charge is 2.42. The Morgan fingerprint density at radius 2 is 1.90 bits per heavy atom. The molecule has 1 N–H and O–H groups in total. The van der Waals surface area contributed by atoms with E-state index in [0.717, 1.165) is 50.9 Å². The summed E-state index contributed by atoms with van der Waals surface area (Å²) < 4.78 is 6.38. The Morgan fingerprint density at radius 3 is 2.65 bits per heavy atom. The van der Waals surface area contributed by atoms with Gasteiger partial charge in [-0.05, 0) is 48.7 Å². The summed E-state index contributed by atoms with van der Waals surface area (Å²) in [5, 5.41) is 8.83. The minimum Gasteiger partial charge on any atom is -0.486 e. The van der Waals surface area contributed by atoms with Gasteiger partial charge in [0.05, 0.1) is 12.0 Å². The van der Waals surface area contributed by atoms with Crippen LogP contribution in [0.5, 0.6) is 5.75 Å². The molecule has 2 aliphatic heterocycles. The molecule has 2 aromatic rings. The molecule has 2 aliphatic rings. The summed E-state index contributed by atoms with van der Waals surface area (Å²) in [4.78, 5) is 26.6. The quantitative estimate of drug-likeness (QED) is 0.694. The van der Waals surface area contributed by atoms with E-state index >= 15 is 0 Å². The van der Waals surface area contributed by atoms with E-state index in [1.807, 2.05) is 18.2 Å². The Bertz CT molecular complexity index is 959. The summed E-state index contributed by atoms with van der Waals surface area (Å²) in [6.45, 7) is 2.44. The number of rotatable bonds is 7. The molecule has 31 heavy (non-hydrogen) atoms. The van der Waals surface area contributed by atoms with Gasteiger partial charge in [0.15, 0.2) is 11.6 Å². The lowest BCUT2D eigenvalue weighted by Crippen LogP contribution is -2.51. The van der Waals surface area contributed by atoms with E-state index in [1.165, 1.54) is 11.6 Å². The topological polar surface area (TPSA) is 66.8 Å². The van der Waals surface area contributed by atoms with Gasteiger partial charge in [-0.2, -0.15) is 0 Å². The number of Topliss-reactive ketones (excluding diaryl/α,β-unsaturated/α-hetero) is 1. The number of nitrogens with zero attached hydrogens (tertiary/aromatic N) is 1. The molecule has 1 spiro atoms. The van der Waals surface area contributed by atoms with Crippen molar-refractivity contribution in [1.82, 2.24) is 4.90 Å². The van der Waals surface area contributed by atoms with Crippen LogP contribution >= 0.6 is 0 Å². The third-order valence-electron chi connectivity index (χ3n) is 6.28. The van der Waals surface area contributed by atoms with Crippen molar-refractivity contribution < 1.29 is 19.4 Å². The number of carbonyl (C=O) groups excluding carboxylic acids is 2.